The molecule has 140 valence electrons. The van der Waals surface area contributed by atoms with Crippen LogP contribution in [-0.2, 0) is 16.0 Å². The van der Waals surface area contributed by atoms with E-state index in [1.807, 2.05) is 6.07 Å². The number of ether oxygens (including phenoxy) is 1. The molecule has 0 heterocycles. The Morgan fingerprint density at radius 1 is 1.19 bits per heavy atom. The summed E-state index contributed by atoms with van der Waals surface area (Å²) in [6.45, 7) is 6.90. The Hall–Kier alpha value is -1.41. The molecular weight excluding hydrogens is 320 g/mol. The molecule has 3 saturated carbocycles. The third-order valence-corrected chi connectivity index (χ3v) is 8.15. The van der Waals surface area contributed by atoms with Gasteiger partial charge in [-0.1, -0.05) is 62.2 Å². The van der Waals surface area contributed by atoms with Gasteiger partial charge in [0.15, 0.2) is 0 Å². The van der Waals surface area contributed by atoms with Gasteiger partial charge in [0.2, 0.25) is 0 Å². The van der Waals surface area contributed by atoms with Gasteiger partial charge in [0, 0.05) is 24.9 Å². The summed E-state index contributed by atoms with van der Waals surface area (Å²) >= 11 is 0. The van der Waals surface area contributed by atoms with Crippen LogP contribution in [0, 0.1) is 22.7 Å². The van der Waals surface area contributed by atoms with E-state index in [2.05, 4.69) is 37.8 Å². The number of aryl methyl sites for hydroxylation is 1. The molecule has 2 nitrogen and oxygen atoms in total. The number of fused-ring (bicyclic) bond motifs is 2. The van der Waals surface area contributed by atoms with Gasteiger partial charge in [-0.15, -0.1) is 0 Å². The average Bonchev–Trinajstić information content (AvgIpc) is 3.36. The van der Waals surface area contributed by atoms with E-state index in [-0.39, 0.29) is 16.9 Å². The molecule has 0 radical (unpaired) electrons. The normalized spacial score (nSPS) is 36.8. The summed E-state index contributed by atoms with van der Waals surface area (Å²) in [5.74, 6) is 1.38. The van der Waals surface area contributed by atoms with Gasteiger partial charge in [-0.25, -0.2) is 0 Å². The topological polar surface area (TPSA) is 26.3 Å². The fraction of sp³-hybridized carbons (Fsp3) is 0.625. The molecule has 0 aliphatic heterocycles. The number of Topliss-reactive ketones (excluding diaryl/α,β-unsaturated/α-hetero) is 1. The van der Waals surface area contributed by atoms with E-state index in [9.17, 15) is 4.79 Å². The minimum absolute atomic E-state index is 0.0314. The van der Waals surface area contributed by atoms with Gasteiger partial charge < -0.3 is 4.74 Å². The van der Waals surface area contributed by atoms with Crippen LogP contribution in [0.3, 0.4) is 0 Å². The predicted molar refractivity (Wildman–Crippen MR) is 105 cm³/mol. The number of rotatable bonds is 6. The Labute approximate surface area is 158 Å². The molecule has 0 aromatic heterocycles. The standard InChI is InChI=1S/C24H32O2/c1-17-20-15-16-24(22(20)26-3,23(17,2)19-11-7-8-12-19)21(25)14-13-18-9-5-4-6-10-18/h4-6,9-10,19-20,22H,1,7-8,11-16H2,2-3H3. The van der Waals surface area contributed by atoms with Gasteiger partial charge in [0.25, 0.3) is 0 Å². The molecule has 4 unspecified atom stereocenters. The number of hydrogen-bond acceptors (Lipinski definition) is 2. The number of benzene rings is 1. The second kappa shape index (κ2) is 6.64. The maximum atomic E-state index is 13.8. The molecule has 0 N–H and O–H groups in total. The molecule has 0 spiro atoms. The van der Waals surface area contributed by atoms with E-state index in [0.29, 0.717) is 24.0 Å². The molecule has 2 heteroatoms. The second-order valence-electron chi connectivity index (χ2n) is 8.89. The summed E-state index contributed by atoms with van der Waals surface area (Å²) in [6.07, 6.45) is 8.60. The minimum Gasteiger partial charge on any atom is -0.380 e. The van der Waals surface area contributed by atoms with Crippen molar-refractivity contribution in [2.45, 2.75) is 64.4 Å². The molecule has 26 heavy (non-hydrogen) atoms. The average molecular weight is 353 g/mol. The van der Waals surface area contributed by atoms with Crippen LogP contribution in [0.15, 0.2) is 42.5 Å². The van der Waals surface area contributed by atoms with Crippen LogP contribution in [0.2, 0.25) is 0 Å². The van der Waals surface area contributed by atoms with Gasteiger partial charge in [-0.3, -0.25) is 4.79 Å². The molecule has 1 aromatic rings. The Morgan fingerprint density at radius 3 is 2.54 bits per heavy atom. The zero-order valence-corrected chi connectivity index (χ0v) is 16.3. The van der Waals surface area contributed by atoms with Crippen LogP contribution in [-0.4, -0.2) is 19.0 Å². The molecule has 4 atom stereocenters. The van der Waals surface area contributed by atoms with E-state index < -0.39 is 0 Å². The van der Waals surface area contributed by atoms with Crippen molar-refractivity contribution in [1.29, 1.82) is 0 Å². The number of methoxy groups -OCH3 is 1. The van der Waals surface area contributed by atoms with Gasteiger partial charge >= 0.3 is 0 Å². The highest BCUT2D eigenvalue weighted by Crippen LogP contribution is 2.72. The minimum atomic E-state index is -0.354. The SMILES string of the molecule is C=C1C2CCC(C(=O)CCc3ccccc3)(C2OC)C1(C)C1CCCC1. The number of hydrogen-bond donors (Lipinski definition) is 0. The summed E-state index contributed by atoms with van der Waals surface area (Å²) in [7, 11) is 1.80. The summed E-state index contributed by atoms with van der Waals surface area (Å²) in [5, 5.41) is 0. The number of ketones is 1. The lowest BCUT2D eigenvalue weighted by Gasteiger charge is -2.49. The maximum absolute atomic E-state index is 13.8. The first-order valence-electron chi connectivity index (χ1n) is 10.3. The lowest BCUT2D eigenvalue weighted by Crippen LogP contribution is -2.51. The van der Waals surface area contributed by atoms with Crippen LogP contribution >= 0.6 is 0 Å². The summed E-state index contributed by atoms with van der Waals surface area (Å²) in [6, 6.07) is 10.4. The van der Waals surface area contributed by atoms with Crippen LogP contribution in [0.1, 0.15) is 57.4 Å². The van der Waals surface area contributed by atoms with Crippen molar-refractivity contribution in [2.75, 3.05) is 7.11 Å². The van der Waals surface area contributed by atoms with Crippen molar-refractivity contribution >= 4 is 5.78 Å². The molecule has 0 amide bonds. The third kappa shape index (κ3) is 2.30. The maximum Gasteiger partial charge on any atom is 0.142 e. The quantitative estimate of drug-likeness (QED) is 0.644. The van der Waals surface area contributed by atoms with Crippen molar-refractivity contribution in [3.63, 3.8) is 0 Å². The van der Waals surface area contributed by atoms with E-state index in [0.717, 1.165) is 19.3 Å². The first-order chi connectivity index (χ1) is 12.6. The fourth-order valence-electron chi connectivity index (χ4n) is 6.81. The van der Waals surface area contributed by atoms with Crippen molar-refractivity contribution < 1.29 is 9.53 Å². The zero-order chi connectivity index (χ0) is 18.4. The Kier molecular flexibility index (Phi) is 4.59. The number of carbonyl (C=O) groups excluding carboxylic acids is 1. The molecule has 3 aliphatic rings. The molecule has 2 bridgehead atoms. The van der Waals surface area contributed by atoms with E-state index in [1.165, 1.54) is 36.8 Å². The third-order valence-electron chi connectivity index (χ3n) is 8.15. The Bertz CT molecular complexity index is 687. The van der Waals surface area contributed by atoms with Crippen molar-refractivity contribution in [3.05, 3.63) is 48.0 Å². The van der Waals surface area contributed by atoms with Crippen LogP contribution in [0.5, 0.6) is 0 Å². The zero-order valence-electron chi connectivity index (χ0n) is 16.3. The Morgan fingerprint density at radius 2 is 1.88 bits per heavy atom. The van der Waals surface area contributed by atoms with Crippen molar-refractivity contribution in [2.24, 2.45) is 22.7 Å². The first kappa shape index (κ1) is 18.0. The van der Waals surface area contributed by atoms with Crippen molar-refractivity contribution in [3.8, 4) is 0 Å². The predicted octanol–water partition coefficient (Wildman–Crippen LogP) is 5.37. The van der Waals surface area contributed by atoms with E-state index in [1.54, 1.807) is 7.11 Å². The van der Waals surface area contributed by atoms with Crippen LogP contribution < -0.4 is 0 Å². The monoisotopic (exact) mass is 352 g/mol. The molecule has 0 saturated heterocycles. The lowest BCUT2D eigenvalue weighted by molar-refractivity contribution is -0.145. The second-order valence-corrected chi connectivity index (χ2v) is 8.89. The first-order valence-corrected chi connectivity index (χ1v) is 10.3. The van der Waals surface area contributed by atoms with Gasteiger partial charge in [-0.2, -0.15) is 0 Å². The number of carbonyl (C=O) groups is 1. The molecule has 3 fully saturated rings. The summed E-state index contributed by atoms with van der Waals surface area (Å²) < 4.78 is 6.02. The molecular formula is C24H32O2. The summed E-state index contributed by atoms with van der Waals surface area (Å²) in [5.41, 5.74) is 2.13. The lowest BCUT2D eigenvalue weighted by atomic mass is 9.53. The van der Waals surface area contributed by atoms with Crippen molar-refractivity contribution in [1.82, 2.24) is 0 Å². The van der Waals surface area contributed by atoms with Gasteiger partial charge in [0.1, 0.15) is 5.78 Å². The molecule has 4 rings (SSSR count). The van der Waals surface area contributed by atoms with Gasteiger partial charge in [-0.05, 0) is 43.6 Å². The van der Waals surface area contributed by atoms with Gasteiger partial charge in [0.05, 0.1) is 11.5 Å². The van der Waals surface area contributed by atoms with E-state index in [4.69, 9.17) is 4.74 Å². The fourth-order valence-corrected chi connectivity index (χ4v) is 6.81. The Balaban J connectivity index is 1.66. The summed E-state index contributed by atoms with van der Waals surface area (Å²) in [4.78, 5) is 13.8. The highest BCUT2D eigenvalue weighted by Gasteiger charge is 2.72. The molecule has 3 aliphatic carbocycles. The smallest absolute Gasteiger partial charge is 0.142 e. The highest BCUT2D eigenvalue weighted by molar-refractivity contribution is 5.89. The van der Waals surface area contributed by atoms with Crippen LogP contribution in [0.4, 0.5) is 0 Å². The van der Waals surface area contributed by atoms with Crippen LogP contribution in [0.25, 0.3) is 0 Å². The highest BCUT2D eigenvalue weighted by atomic mass is 16.5. The van der Waals surface area contributed by atoms with E-state index >= 15 is 0 Å². The molecule has 1 aromatic carbocycles. The largest absolute Gasteiger partial charge is 0.380 e.